The van der Waals surface area contributed by atoms with Crippen molar-refractivity contribution >= 4 is 29.2 Å². The lowest BCUT2D eigenvalue weighted by Crippen LogP contribution is -2.47. The number of rotatable bonds is 8. The molecule has 1 saturated heterocycles. The number of hydrogen-bond acceptors (Lipinski definition) is 6. The number of aromatic nitrogens is 1. The van der Waals surface area contributed by atoms with Crippen molar-refractivity contribution in [2.24, 2.45) is 5.92 Å². The smallest absolute Gasteiger partial charge is 0.244 e. The van der Waals surface area contributed by atoms with Crippen molar-refractivity contribution in [3.63, 3.8) is 0 Å². The highest BCUT2D eigenvalue weighted by molar-refractivity contribution is 6.06. The van der Waals surface area contributed by atoms with Crippen molar-refractivity contribution in [3.8, 4) is 0 Å². The average Bonchev–Trinajstić information content (AvgIpc) is 3.41. The zero-order chi connectivity index (χ0) is 27.0. The van der Waals surface area contributed by atoms with E-state index < -0.39 is 5.41 Å². The second-order valence-electron chi connectivity index (χ2n) is 10.5. The third-order valence-corrected chi connectivity index (χ3v) is 7.94. The molecule has 3 N–H and O–H groups in total. The molecule has 0 bridgehead atoms. The first-order chi connectivity index (χ1) is 19.0. The van der Waals surface area contributed by atoms with E-state index >= 15 is 0 Å². The van der Waals surface area contributed by atoms with Crippen LogP contribution >= 0.6 is 0 Å². The molecule has 9 nitrogen and oxygen atoms in total. The molecule has 200 valence electrons. The Kier molecular flexibility index (Phi) is 6.62. The molecular formula is C30H31N5O4. The molecule has 0 radical (unpaired) electrons. The predicted molar refractivity (Wildman–Crippen MR) is 146 cm³/mol. The van der Waals surface area contributed by atoms with Crippen LogP contribution in [0.25, 0.3) is 0 Å². The van der Waals surface area contributed by atoms with Crippen molar-refractivity contribution in [1.29, 1.82) is 0 Å². The Hall–Kier alpha value is -4.08. The lowest BCUT2D eigenvalue weighted by atomic mass is 9.79. The molecule has 3 aliphatic rings. The molecule has 3 heterocycles. The van der Waals surface area contributed by atoms with Gasteiger partial charge in [0.2, 0.25) is 17.7 Å². The van der Waals surface area contributed by atoms with Crippen molar-refractivity contribution < 1.29 is 19.1 Å². The molecule has 39 heavy (non-hydrogen) atoms. The van der Waals surface area contributed by atoms with E-state index in [4.69, 9.17) is 4.74 Å². The summed E-state index contributed by atoms with van der Waals surface area (Å²) in [4.78, 5) is 45.4. The number of ether oxygens (including phenoxy) is 1. The quantitative estimate of drug-likeness (QED) is 0.416. The zero-order valence-corrected chi connectivity index (χ0v) is 21.8. The molecule has 0 saturated carbocycles. The number of benzene rings is 2. The number of carbonyl (C=O) groups is 3. The van der Waals surface area contributed by atoms with Crippen LogP contribution in [0.15, 0.2) is 60.8 Å². The monoisotopic (exact) mass is 525 g/mol. The van der Waals surface area contributed by atoms with Gasteiger partial charge in [-0.05, 0) is 60.3 Å². The summed E-state index contributed by atoms with van der Waals surface area (Å²) < 4.78 is 5.24. The van der Waals surface area contributed by atoms with E-state index in [1.807, 2.05) is 61.6 Å². The van der Waals surface area contributed by atoms with Gasteiger partial charge in [-0.3, -0.25) is 14.4 Å². The SMILES string of the molecule is CNCc1ccccc1CN(CC(=O)Nc1ccc2c(c1)CC1(C2)C(=O)Nc2ncccc21)C(=O)C1COC1. The maximum atomic E-state index is 13.2. The Morgan fingerprint density at radius 1 is 1.08 bits per heavy atom. The summed E-state index contributed by atoms with van der Waals surface area (Å²) in [6, 6.07) is 17.5. The van der Waals surface area contributed by atoms with E-state index in [0.29, 0.717) is 50.7 Å². The number of pyridine rings is 1. The Morgan fingerprint density at radius 3 is 2.64 bits per heavy atom. The van der Waals surface area contributed by atoms with Crippen LogP contribution in [0.2, 0.25) is 0 Å². The molecule has 1 fully saturated rings. The summed E-state index contributed by atoms with van der Waals surface area (Å²) in [5.74, 6) is 0.0226. The van der Waals surface area contributed by atoms with E-state index in [1.54, 1.807) is 11.1 Å². The third kappa shape index (κ3) is 4.68. The molecule has 1 aliphatic carbocycles. The topological polar surface area (TPSA) is 113 Å². The van der Waals surface area contributed by atoms with Crippen molar-refractivity contribution in [1.82, 2.24) is 15.2 Å². The van der Waals surface area contributed by atoms with E-state index in [-0.39, 0.29) is 30.2 Å². The van der Waals surface area contributed by atoms with Crippen molar-refractivity contribution in [2.75, 3.05) is 37.4 Å². The molecule has 6 rings (SSSR count). The lowest BCUT2D eigenvalue weighted by Gasteiger charge is -2.32. The van der Waals surface area contributed by atoms with Gasteiger partial charge in [-0.15, -0.1) is 0 Å². The fourth-order valence-electron chi connectivity index (χ4n) is 5.85. The first-order valence-electron chi connectivity index (χ1n) is 13.2. The Bertz CT molecular complexity index is 1450. The summed E-state index contributed by atoms with van der Waals surface area (Å²) in [6.07, 6.45) is 2.82. The number of amides is 3. The summed E-state index contributed by atoms with van der Waals surface area (Å²) in [5.41, 5.74) is 5.11. The van der Waals surface area contributed by atoms with Gasteiger partial charge in [-0.1, -0.05) is 36.4 Å². The first kappa shape index (κ1) is 25.2. The van der Waals surface area contributed by atoms with Crippen LogP contribution in [0.1, 0.15) is 27.8 Å². The van der Waals surface area contributed by atoms with Crippen LogP contribution in [-0.4, -0.2) is 54.4 Å². The molecule has 1 unspecified atom stereocenters. The largest absolute Gasteiger partial charge is 0.380 e. The Balaban J connectivity index is 1.18. The van der Waals surface area contributed by atoms with Crippen LogP contribution in [-0.2, 0) is 50.5 Å². The number of nitrogens with zero attached hydrogens (tertiary/aromatic N) is 2. The van der Waals surface area contributed by atoms with Crippen molar-refractivity contribution in [3.05, 3.63) is 88.6 Å². The van der Waals surface area contributed by atoms with Crippen LogP contribution in [0.5, 0.6) is 0 Å². The second kappa shape index (κ2) is 10.2. The molecule has 3 amide bonds. The highest BCUT2D eigenvalue weighted by Gasteiger charge is 2.51. The molecule has 2 aliphatic heterocycles. The lowest BCUT2D eigenvalue weighted by molar-refractivity contribution is -0.152. The number of nitrogens with one attached hydrogen (secondary N) is 3. The van der Waals surface area contributed by atoms with Crippen molar-refractivity contribution in [2.45, 2.75) is 31.3 Å². The van der Waals surface area contributed by atoms with Gasteiger partial charge in [0.15, 0.2) is 0 Å². The molecule has 1 aromatic heterocycles. The highest BCUT2D eigenvalue weighted by Crippen LogP contribution is 2.46. The second-order valence-corrected chi connectivity index (χ2v) is 10.5. The average molecular weight is 526 g/mol. The molecule has 2 aromatic carbocycles. The fourth-order valence-corrected chi connectivity index (χ4v) is 5.85. The molecule has 1 atom stereocenters. The minimum Gasteiger partial charge on any atom is -0.380 e. The summed E-state index contributed by atoms with van der Waals surface area (Å²) in [6.45, 7) is 1.72. The maximum Gasteiger partial charge on any atom is 0.244 e. The molecule has 1 spiro atoms. The minimum absolute atomic E-state index is 0.0364. The number of fused-ring (bicyclic) bond motifs is 3. The summed E-state index contributed by atoms with van der Waals surface area (Å²) in [7, 11) is 1.88. The van der Waals surface area contributed by atoms with E-state index in [9.17, 15) is 14.4 Å². The van der Waals surface area contributed by atoms with Gasteiger partial charge in [-0.25, -0.2) is 4.98 Å². The number of hydrogen-bond donors (Lipinski definition) is 3. The van der Waals surface area contributed by atoms with Gasteiger partial charge in [0.1, 0.15) is 12.4 Å². The fraction of sp³-hybridized carbons (Fsp3) is 0.333. The highest BCUT2D eigenvalue weighted by atomic mass is 16.5. The van der Waals surface area contributed by atoms with Crippen LogP contribution in [0, 0.1) is 5.92 Å². The maximum absolute atomic E-state index is 13.2. The van der Waals surface area contributed by atoms with Gasteiger partial charge in [0.05, 0.1) is 24.5 Å². The predicted octanol–water partition coefficient (Wildman–Crippen LogP) is 2.40. The van der Waals surface area contributed by atoms with Crippen LogP contribution in [0.4, 0.5) is 11.5 Å². The third-order valence-electron chi connectivity index (χ3n) is 7.94. The summed E-state index contributed by atoms with van der Waals surface area (Å²) in [5, 5.41) is 9.06. The van der Waals surface area contributed by atoms with Crippen LogP contribution < -0.4 is 16.0 Å². The molecular weight excluding hydrogens is 494 g/mol. The van der Waals surface area contributed by atoms with E-state index in [2.05, 4.69) is 20.9 Å². The van der Waals surface area contributed by atoms with E-state index in [0.717, 1.165) is 27.8 Å². The number of anilines is 2. The van der Waals surface area contributed by atoms with Gasteiger partial charge in [0, 0.05) is 30.5 Å². The normalized spacial score (nSPS) is 19.3. The zero-order valence-electron chi connectivity index (χ0n) is 21.8. The van der Waals surface area contributed by atoms with Crippen LogP contribution in [0.3, 0.4) is 0 Å². The molecule has 9 heteroatoms. The first-order valence-corrected chi connectivity index (χ1v) is 13.2. The van der Waals surface area contributed by atoms with Gasteiger partial charge < -0.3 is 25.6 Å². The Morgan fingerprint density at radius 2 is 1.87 bits per heavy atom. The molecule has 3 aromatic rings. The Labute approximate surface area is 226 Å². The number of carbonyl (C=O) groups excluding carboxylic acids is 3. The summed E-state index contributed by atoms with van der Waals surface area (Å²) >= 11 is 0. The minimum atomic E-state index is -0.663. The standard InChI is InChI=1S/C30H31N5O4/c1-31-14-20-5-2-3-6-21(20)15-35(28(37)23-17-39-18-23)16-26(36)33-24-9-8-19-12-30(13-22(19)11-24)25-7-4-10-32-27(25)34-29(30)38/h2-11,23,31H,12-18H2,1H3,(H,33,36)(H,32,34,38). The van der Waals surface area contributed by atoms with Gasteiger partial charge >= 0.3 is 0 Å². The van der Waals surface area contributed by atoms with E-state index in [1.165, 1.54) is 0 Å². The van der Waals surface area contributed by atoms with Gasteiger partial charge in [0.25, 0.3) is 0 Å². The van der Waals surface area contributed by atoms with Gasteiger partial charge in [-0.2, -0.15) is 0 Å².